The number of hydrogen-bond donors (Lipinski definition) is 0. The SMILES string of the molecule is COc1cc(C2SC(C)C(=O)N2c2ccc(C)cc2)ccc1SCc1ccccc1. The van der Waals surface area contributed by atoms with Crippen molar-refractivity contribution < 1.29 is 9.53 Å². The highest BCUT2D eigenvalue weighted by Gasteiger charge is 2.39. The van der Waals surface area contributed by atoms with E-state index >= 15 is 0 Å². The fraction of sp³-hybridized carbons (Fsp3) is 0.240. The van der Waals surface area contributed by atoms with Gasteiger partial charge in [-0.25, -0.2) is 0 Å². The third-order valence-electron chi connectivity index (χ3n) is 5.17. The lowest BCUT2D eigenvalue weighted by Gasteiger charge is -2.25. The maximum absolute atomic E-state index is 12.9. The Labute approximate surface area is 186 Å². The molecule has 2 atom stereocenters. The molecule has 3 aromatic rings. The second kappa shape index (κ2) is 9.19. The van der Waals surface area contributed by atoms with Crippen molar-refractivity contribution in [3.63, 3.8) is 0 Å². The van der Waals surface area contributed by atoms with Gasteiger partial charge in [0.1, 0.15) is 11.1 Å². The average molecular weight is 436 g/mol. The molecule has 4 rings (SSSR count). The number of aryl methyl sites for hydroxylation is 1. The zero-order chi connectivity index (χ0) is 21.1. The summed E-state index contributed by atoms with van der Waals surface area (Å²) in [5.74, 6) is 1.89. The number of thioether (sulfide) groups is 2. The van der Waals surface area contributed by atoms with E-state index in [0.717, 1.165) is 27.6 Å². The van der Waals surface area contributed by atoms with Crippen molar-refractivity contribution in [2.45, 2.75) is 35.1 Å². The van der Waals surface area contributed by atoms with E-state index in [2.05, 4.69) is 61.5 Å². The van der Waals surface area contributed by atoms with Gasteiger partial charge in [-0.2, -0.15) is 0 Å². The van der Waals surface area contributed by atoms with Crippen molar-refractivity contribution in [3.05, 3.63) is 89.5 Å². The van der Waals surface area contributed by atoms with E-state index in [-0.39, 0.29) is 16.5 Å². The summed E-state index contributed by atoms with van der Waals surface area (Å²) in [6.45, 7) is 4.04. The first-order valence-corrected chi connectivity index (χ1v) is 11.9. The highest BCUT2D eigenvalue weighted by atomic mass is 32.2. The normalized spacial score (nSPS) is 18.6. The van der Waals surface area contributed by atoms with Gasteiger partial charge in [0, 0.05) is 16.3 Å². The largest absolute Gasteiger partial charge is 0.496 e. The number of rotatable bonds is 6. The Morgan fingerprint density at radius 3 is 2.47 bits per heavy atom. The maximum atomic E-state index is 12.9. The Hall–Kier alpha value is -2.37. The molecule has 0 spiro atoms. The summed E-state index contributed by atoms with van der Waals surface area (Å²) < 4.78 is 5.71. The smallest absolute Gasteiger partial charge is 0.241 e. The minimum atomic E-state index is -0.0746. The van der Waals surface area contributed by atoms with Gasteiger partial charge in [-0.3, -0.25) is 9.69 Å². The molecule has 1 heterocycles. The fourth-order valence-corrected chi connectivity index (χ4v) is 5.74. The van der Waals surface area contributed by atoms with Gasteiger partial charge >= 0.3 is 0 Å². The molecule has 0 radical (unpaired) electrons. The molecule has 0 aliphatic carbocycles. The lowest BCUT2D eigenvalue weighted by atomic mass is 10.1. The Bertz CT molecular complexity index is 1020. The Morgan fingerprint density at radius 2 is 1.77 bits per heavy atom. The van der Waals surface area contributed by atoms with Crippen LogP contribution in [0.2, 0.25) is 0 Å². The number of methoxy groups -OCH3 is 1. The van der Waals surface area contributed by atoms with Crippen LogP contribution in [0.1, 0.15) is 29.0 Å². The number of carbonyl (C=O) groups is 1. The molecule has 0 saturated carbocycles. The summed E-state index contributed by atoms with van der Waals surface area (Å²) in [6.07, 6.45) is 0. The van der Waals surface area contributed by atoms with E-state index in [1.54, 1.807) is 30.6 Å². The number of ether oxygens (including phenoxy) is 1. The van der Waals surface area contributed by atoms with Crippen LogP contribution < -0.4 is 9.64 Å². The molecule has 1 aliphatic rings. The number of nitrogens with zero attached hydrogens (tertiary/aromatic N) is 1. The molecule has 3 nitrogen and oxygen atoms in total. The molecule has 1 fully saturated rings. The van der Waals surface area contributed by atoms with E-state index < -0.39 is 0 Å². The standard InChI is InChI=1S/C25H25NO2S2/c1-17-9-12-21(13-10-17)26-24(27)18(2)30-25(26)20-11-14-23(22(15-20)28-3)29-16-19-7-5-4-6-8-19/h4-15,18,25H,16H2,1-3H3. The second-order valence-electron chi connectivity index (χ2n) is 7.36. The molecule has 1 saturated heterocycles. The number of benzene rings is 3. The highest BCUT2D eigenvalue weighted by Crippen LogP contribution is 2.47. The van der Waals surface area contributed by atoms with E-state index in [9.17, 15) is 4.79 Å². The van der Waals surface area contributed by atoms with Crippen LogP contribution in [0, 0.1) is 6.92 Å². The number of carbonyl (C=O) groups excluding carboxylic acids is 1. The lowest BCUT2D eigenvalue weighted by Crippen LogP contribution is -2.30. The molecule has 30 heavy (non-hydrogen) atoms. The van der Waals surface area contributed by atoms with Crippen LogP contribution in [-0.4, -0.2) is 18.3 Å². The third kappa shape index (κ3) is 4.37. The molecule has 0 N–H and O–H groups in total. The number of hydrogen-bond acceptors (Lipinski definition) is 4. The van der Waals surface area contributed by atoms with Crippen LogP contribution in [0.3, 0.4) is 0 Å². The van der Waals surface area contributed by atoms with Crippen molar-refractivity contribution in [2.75, 3.05) is 12.0 Å². The molecule has 154 valence electrons. The van der Waals surface area contributed by atoms with E-state index in [1.165, 1.54) is 11.1 Å². The van der Waals surface area contributed by atoms with Gasteiger partial charge in [0.25, 0.3) is 0 Å². The quantitative estimate of drug-likeness (QED) is 0.415. The van der Waals surface area contributed by atoms with Crippen LogP contribution in [-0.2, 0) is 10.5 Å². The molecule has 5 heteroatoms. The first-order valence-electron chi connectivity index (χ1n) is 9.96. The molecular formula is C25H25NO2S2. The molecule has 0 aromatic heterocycles. The van der Waals surface area contributed by atoms with Crippen LogP contribution in [0.4, 0.5) is 5.69 Å². The summed E-state index contributed by atoms with van der Waals surface area (Å²) in [7, 11) is 1.71. The van der Waals surface area contributed by atoms with Crippen LogP contribution in [0.25, 0.3) is 0 Å². The molecule has 1 amide bonds. The minimum absolute atomic E-state index is 0.0581. The Kier molecular flexibility index (Phi) is 6.40. The van der Waals surface area contributed by atoms with Gasteiger partial charge in [0.2, 0.25) is 5.91 Å². The van der Waals surface area contributed by atoms with Gasteiger partial charge in [-0.1, -0.05) is 54.1 Å². The van der Waals surface area contributed by atoms with Crippen molar-refractivity contribution in [2.24, 2.45) is 0 Å². The summed E-state index contributed by atoms with van der Waals surface area (Å²) in [4.78, 5) is 15.9. The average Bonchev–Trinajstić information content (AvgIpc) is 3.08. The summed E-state index contributed by atoms with van der Waals surface area (Å²) in [5, 5.41) is -0.133. The first kappa shape index (κ1) is 20.9. The van der Waals surface area contributed by atoms with Crippen LogP contribution in [0.15, 0.2) is 77.7 Å². The topological polar surface area (TPSA) is 29.5 Å². The molecule has 0 bridgehead atoms. The van der Waals surface area contributed by atoms with Crippen molar-refractivity contribution in [3.8, 4) is 5.75 Å². The first-order chi connectivity index (χ1) is 14.6. The van der Waals surface area contributed by atoms with Crippen LogP contribution >= 0.6 is 23.5 Å². The van der Waals surface area contributed by atoms with Crippen molar-refractivity contribution >= 4 is 35.1 Å². The Balaban J connectivity index is 1.60. The van der Waals surface area contributed by atoms with Gasteiger partial charge in [-0.15, -0.1) is 23.5 Å². The minimum Gasteiger partial charge on any atom is -0.496 e. The molecule has 2 unspecified atom stereocenters. The highest BCUT2D eigenvalue weighted by molar-refractivity contribution is 8.01. The number of amides is 1. The van der Waals surface area contributed by atoms with Crippen LogP contribution in [0.5, 0.6) is 5.75 Å². The fourth-order valence-electron chi connectivity index (χ4n) is 3.51. The molecular weight excluding hydrogens is 410 g/mol. The third-order valence-corrected chi connectivity index (χ3v) is 7.65. The van der Waals surface area contributed by atoms with Gasteiger partial charge in [0.05, 0.1) is 12.4 Å². The van der Waals surface area contributed by atoms with Crippen molar-refractivity contribution in [1.29, 1.82) is 0 Å². The Morgan fingerprint density at radius 1 is 1.03 bits per heavy atom. The molecule has 1 aliphatic heterocycles. The lowest BCUT2D eigenvalue weighted by molar-refractivity contribution is -0.117. The van der Waals surface area contributed by atoms with E-state index in [0.29, 0.717) is 0 Å². The monoisotopic (exact) mass is 435 g/mol. The zero-order valence-electron chi connectivity index (χ0n) is 17.4. The van der Waals surface area contributed by atoms with E-state index in [4.69, 9.17) is 4.74 Å². The summed E-state index contributed by atoms with van der Waals surface area (Å²) in [5.41, 5.74) is 4.49. The predicted molar refractivity (Wildman–Crippen MR) is 127 cm³/mol. The van der Waals surface area contributed by atoms with Crippen molar-refractivity contribution in [1.82, 2.24) is 0 Å². The maximum Gasteiger partial charge on any atom is 0.241 e. The molecule has 3 aromatic carbocycles. The van der Waals surface area contributed by atoms with E-state index in [1.807, 2.05) is 30.0 Å². The summed E-state index contributed by atoms with van der Waals surface area (Å²) >= 11 is 3.45. The number of anilines is 1. The summed E-state index contributed by atoms with van der Waals surface area (Å²) in [6, 6.07) is 24.9. The van der Waals surface area contributed by atoms with Gasteiger partial charge < -0.3 is 4.74 Å². The second-order valence-corrected chi connectivity index (χ2v) is 9.80. The predicted octanol–water partition coefficient (Wildman–Crippen LogP) is 6.46. The van der Waals surface area contributed by atoms with Gasteiger partial charge in [0.15, 0.2) is 0 Å². The zero-order valence-corrected chi connectivity index (χ0v) is 19.0. The van der Waals surface area contributed by atoms with Gasteiger partial charge in [-0.05, 0) is 49.2 Å².